The first-order valence-electron chi connectivity index (χ1n) is 10.2. The molecule has 0 saturated carbocycles. The van der Waals surface area contributed by atoms with Crippen molar-refractivity contribution in [3.05, 3.63) is 64.1 Å². The molecule has 0 aliphatic rings. The lowest BCUT2D eigenvalue weighted by atomic mass is 10.0. The van der Waals surface area contributed by atoms with Crippen molar-refractivity contribution in [2.75, 3.05) is 6.61 Å². The predicted octanol–water partition coefficient (Wildman–Crippen LogP) is 2.39. The van der Waals surface area contributed by atoms with Crippen molar-refractivity contribution in [3.63, 3.8) is 0 Å². The monoisotopic (exact) mass is 424 g/mol. The van der Waals surface area contributed by atoms with Gasteiger partial charge in [0.2, 0.25) is 5.91 Å². The summed E-state index contributed by atoms with van der Waals surface area (Å²) in [6.45, 7) is 6.06. The number of carbonyl (C=O) groups excluding carboxylic acids is 2. The number of hydrogen-bond donors (Lipinski definition) is 2. The normalized spacial score (nSPS) is 11.0. The van der Waals surface area contributed by atoms with Gasteiger partial charge in [0, 0.05) is 20.0 Å². The van der Waals surface area contributed by atoms with E-state index < -0.39 is 11.8 Å². The predicted molar refractivity (Wildman–Crippen MR) is 119 cm³/mol. The van der Waals surface area contributed by atoms with Crippen LogP contribution in [0.4, 0.5) is 0 Å². The Morgan fingerprint density at radius 3 is 2.42 bits per heavy atom. The van der Waals surface area contributed by atoms with Gasteiger partial charge >= 0.3 is 5.69 Å². The van der Waals surface area contributed by atoms with Crippen LogP contribution in [-0.2, 0) is 23.2 Å². The highest BCUT2D eigenvalue weighted by Gasteiger charge is 2.13. The molecule has 0 aliphatic carbocycles. The van der Waals surface area contributed by atoms with Crippen LogP contribution in [0.1, 0.15) is 37.3 Å². The molecular formula is C23H28N4O4. The van der Waals surface area contributed by atoms with Gasteiger partial charge in [0.05, 0.1) is 11.0 Å². The number of benzene rings is 2. The van der Waals surface area contributed by atoms with E-state index >= 15 is 0 Å². The summed E-state index contributed by atoms with van der Waals surface area (Å²) in [7, 11) is 1.69. The maximum atomic E-state index is 12.4. The lowest BCUT2D eigenvalue weighted by molar-refractivity contribution is -0.130. The second-order valence-electron chi connectivity index (χ2n) is 7.81. The molecule has 2 aromatic carbocycles. The van der Waals surface area contributed by atoms with Gasteiger partial charge in [-0.3, -0.25) is 29.6 Å². The summed E-state index contributed by atoms with van der Waals surface area (Å²) in [6.07, 6.45) is 0.0461. The topological polar surface area (TPSA) is 94.4 Å². The summed E-state index contributed by atoms with van der Waals surface area (Å²) in [5, 5.41) is 0. The van der Waals surface area contributed by atoms with Crippen molar-refractivity contribution in [2.24, 2.45) is 7.05 Å². The number of fused-ring (bicyclic) bond motifs is 1. The molecule has 0 spiro atoms. The van der Waals surface area contributed by atoms with Gasteiger partial charge in [-0.2, -0.15) is 0 Å². The quantitative estimate of drug-likeness (QED) is 0.570. The Morgan fingerprint density at radius 1 is 1.03 bits per heavy atom. The third-order valence-corrected chi connectivity index (χ3v) is 5.11. The van der Waals surface area contributed by atoms with E-state index in [0.717, 1.165) is 22.2 Å². The average molecular weight is 425 g/mol. The van der Waals surface area contributed by atoms with Crippen LogP contribution in [0.2, 0.25) is 0 Å². The Hall–Kier alpha value is -3.55. The Kier molecular flexibility index (Phi) is 6.79. The van der Waals surface area contributed by atoms with Crippen LogP contribution in [0, 0.1) is 6.92 Å². The van der Waals surface area contributed by atoms with Crippen LogP contribution in [0.3, 0.4) is 0 Å². The number of aromatic nitrogens is 2. The number of imidazole rings is 1. The summed E-state index contributed by atoms with van der Waals surface area (Å²) in [5.74, 6) is 0.0566. The number of para-hydroxylation sites is 2. The molecule has 31 heavy (non-hydrogen) atoms. The van der Waals surface area contributed by atoms with Gasteiger partial charge in [-0.1, -0.05) is 38.1 Å². The van der Waals surface area contributed by atoms with Gasteiger partial charge in [-0.15, -0.1) is 0 Å². The molecule has 0 bridgehead atoms. The highest BCUT2D eigenvalue weighted by molar-refractivity contribution is 5.83. The highest BCUT2D eigenvalue weighted by atomic mass is 16.5. The molecule has 0 radical (unpaired) electrons. The van der Waals surface area contributed by atoms with Crippen LogP contribution in [0.5, 0.6) is 5.75 Å². The fourth-order valence-corrected chi connectivity index (χ4v) is 3.42. The van der Waals surface area contributed by atoms with Crippen molar-refractivity contribution in [1.82, 2.24) is 20.0 Å². The minimum atomic E-state index is -0.466. The molecular weight excluding hydrogens is 396 g/mol. The first-order valence-corrected chi connectivity index (χ1v) is 10.2. The number of aryl methyl sites for hydroxylation is 3. The van der Waals surface area contributed by atoms with Gasteiger partial charge in [-0.25, -0.2) is 4.79 Å². The molecule has 8 nitrogen and oxygen atoms in total. The number of hydrogen-bond acceptors (Lipinski definition) is 4. The van der Waals surface area contributed by atoms with Gasteiger partial charge in [0.15, 0.2) is 6.61 Å². The van der Waals surface area contributed by atoms with E-state index in [2.05, 4.69) is 24.7 Å². The van der Waals surface area contributed by atoms with Gasteiger partial charge < -0.3 is 4.74 Å². The number of nitrogens with one attached hydrogen (secondary N) is 2. The molecule has 0 saturated heterocycles. The summed E-state index contributed by atoms with van der Waals surface area (Å²) in [6, 6.07) is 13.3. The molecule has 3 aromatic rings. The number of carbonyl (C=O) groups is 2. The van der Waals surface area contributed by atoms with E-state index in [4.69, 9.17) is 4.74 Å². The van der Waals surface area contributed by atoms with Crippen molar-refractivity contribution >= 4 is 22.8 Å². The fourth-order valence-electron chi connectivity index (χ4n) is 3.42. The van der Waals surface area contributed by atoms with Crippen molar-refractivity contribution in [1.29, 1.82) is 0 Å². The van der Waals surface area contributed by atoms with E-state index in [1.165, 1.54) is 0 Å². The molecule has 8 heteroatoms. The summed E-state index contributed by atoms with van der Waals surface area (Å²) < 4.78 is 8.75. The minimum Gasteiger partial charge on any atom is -0.483 e. The van der Waals surface area contributed by atoms with E-state index in [-0.39, 0.29) is 31.2 Å². The highest BCUT2D eigenvalue weighted by Crippen LogP contribution is 2.27. The summed E-state index contributed by atoms with van der Waals surface area (Å²) in [5.41, 5.74) is 8.16. The third kappa shape index (κ3) is 5.14. The average Bonchev–Trinajstić information content (AvgIpc) is 2.99. The summed E-state index contributed by atoms with van der Waals surface area (Å²) >= 11 is 0. The second kappa shape index (κ2) is 9.51. The molecule has 3 rings (SSSR count). The number of rotatable bonds is 7. The smallest absolute Gasteiger partial charge is 0.328 e. The Bertz CT molecular complexity index is 1160. The number of hydrazine groups is 1. The second-order valence-corrected chi connectivity index (χ2v) is 7.81. The number of amides is 2. The zero-order valence-corrected chi connectivity index (χ0v) is 18.3. The van der Waals surface area contributed by atoms with Gasteiger partial charge in [-0.05, 0) is 42.2 Å². The van der Waals surface area contributed by atoms with Crippen LogP contribution >= 0.6 is 0 Å². The zero-order chi connectivity index (χ0) is 22.5. The van der Waals surface area contributed by atoms with Crippen LogP contribution in [-0.4, -0.2) is 27.6 Å². The van der Waals surface area contributed by atoms with Crippen molar-refractivity contribution < 1.29 is 14.3 Å². The summed E-state index contributed by atoms with van der Waals surface area (Å²) in [4.78, 5) is 36.6. The lowest BCUT2D eigenvalue weighted by Crippen LogP contribution is -2.44. The van der Waals surface area contributed by atoms with Crippen LogP contribution < -0.4 is 21.3 Å². The van der Waals surface area contributed by atoms with Crippen LogP contribution in [0.15, 0.2) is 47.3 Å². The largest absolute Gasteiger partial charge is 0.483 e. The van der Waals surface area contributed by atoms with E-state index in [1.807, 2.05) is 49.4 Å². The zero-order valence-electron chi connectivity index (χ0n) is 18.3. The molecule has 2 amide bonds. The van der Waals surface area contributed by atoms with Crippen molar-refractivity contribution in [3.8, 4) is 5.75 Å². The Balaban J connectivity index is 1.51. The van der Waals surface area contributed by atoms with Crippen molar-refractivity contribution in [2.45, 2.75) is 39.7 Å². The molecule has 1 aromatic heterocycles. The number of nitrogens with zero attached hydrogens (tertiary/aromatic N) is 2. The molecule has 0 atom stereocenters. The maximum absolute atomic E-state index is 12.4. The molecule has 2 N–H and O–H groups in total. The SMILES string of the molecule is Cc1ccc(C(C)C)c(OCC(=O)NNC(=O)CCn2c(=O)n(C)c3ccccc32)c1. The molecule has 1 heterocycles. The molecule has 0 aliphatic heterocycles. The first kappa shape index (κ1) is 22.1. The Labute approximate surface area is 180 Å². The number of ether oxygens (including phenoxy) is 1. The molecule has 0 unspecified atom stereocenters. The van der Waals surface area contributed by atoms with E-state index in [0.29, 0.717) is 5.75 Å². The molecule has 0 fully saturated rings. The fraction of sp³-hybridized carbons (Fsp3) is 0.348. The van der Waals surface area contributed by atoms with E-state index in [9.17, 15) is 14.4 Å². The van der Waals surface area contributed by atoms with Gasteiger partial charge in [0.1, 0.15) is 5.75 Å². The minimum absolute atomic E-state index is 0.0461. The Morgan fingerprint density at radius 2 is 1.71 bits per heavy atom. The first-order chi connectivity index (χ1) is 14.8. The molecule has 164 valence electrons. The van der Waals surface area contributed by atoms with Crippen LogP contribution in [0.25, 0.3) is 11.0 Å². The lowest BCUT2D eigenvalue weighted by Gasteiger charge is -2.15. The maximum Gasteiger partial charge on any atom is 0.328 e. The van der Waals surface area contributed by atoms with Gasteiger partial charge in [0.25, 0.3) is 5.91 Å². The third-order valence-electron chi connectivity index (χ3n) is 5.11. The van der Waals surface area contributed by atoms with E-state index in [1.54, 1.807) is 16.2 Å². The standard InChI is InChI=1S/C23H28N4O4/c1-15(2)17-10-9-16(3)13-20(17)31-14-22(29)25-24-21(28)11-12-27-19-8-6-5-7-18(19)26(4)23(27)30/h5-10,13,15H,11-12,14H2,1-4H3,(H,24,28)(H,25,29).